The molecule has 21 heavy (non-hydrogen) atoms. The van der Waals surface area contributed by atoms with Gasteiger partial charge in [0, 0.05) is 0 Å². The predicted molar refractivity (Wildman–Crippen MR) is 82.7 cm³/mol. The van der Waals surface area contributed by atoms with Gasteiger partial charge in [-0.05, 0) is 28.7 Å². The Morgan fingerprint density at radius 1 is 0.857 bits per heavy atom. The fraction of sp³-hybridized carbons (Fsp3) is 0.294. The smallest absolute Gasteiger partial charge is 0.166 e. The lowest BCUT2D eigenvalue weighted by Gasteiger charge is -2.14. The molecule has 0 amide bonds. The van der Waals surface area contributed by atoms with E-state index >= 15 is 0 Å². The van der Waals surface area contributed by atoms with E-state index in [-0.39, 0.29) is 4.83 Å². The van der Waals surface area contributed by atoms with E-state index in [0.29, 0.717) is 11.5 Å². The molecule has 0 nitrogen and oxygen atoms in total. The molecule has 0 heterocycles. The van der Waals surface area contributed by atoms with Crippen molar-refractivity contribution in [2.75, 3.05) is 0 Å². The largest absolute Gasteiger partial charge is 0.416 e. The van der Waals surface area contributed by atoms with E-state index in [4.69, 9.17) is 0 Å². The van der Waals surface area contributed by atoms with Crippen LogP contribution in [-0.2, 0) is 6.18 Å². The zero-order chi connectivity index (χ0) is 15.6. The lowest BCUT2D eigenvalue weighted by atomic mass is 9.98. The first-order valence-corrected chi connectivity index (χ1v) is 7.61. The van der Waals surface area contributed by atoms with Crippen molar-refractivity contribution in [3.63, 3.8) is 0 Å². The zero-order valence-electron chi connectivity index (χ0n) is 11.8. The molecular formula is C17H16BrF3. The topological polar surface area (TPSA) is 0 Å². The Kier molecular flexibility index (Phi) is 4.77. The molecule has 0 radical (unpaired) electrons. The van der Waals surface area contributed by atoms with Crippen LogP contribution in [0.1, 0.15) is 46.8 Å². The second kappa shape index (κ2) is 6.22. The Morgan fingerprint density at radius 3 is 1.95 bits per heavy atom. The fourth-order valence-electron chi connectivity index (χ4n) is 2.11. The standard InChI is InChI=1S/C17H16BrF3/c1-11(2)12-6-8-13(9-7-12)16(18)14-4-3-5-15(10-14)17(19,20)21/h3-11,16H,1-2H3. The Morgan fingerprint density at radius 2 is 1.43 bits per heavy atom. The molecule has 0 N–H and O–H groups in total. The molecule has 0 fully saturated rings. The van der Waals surface area contributed by atoms with Crippen molar-refractivity contribution in [2.24, 2.45) is 0 Å². The Balaban J connectivity index is 2.29. The molecule has 0 saturated carbocycles. The second-order valence-corrected chi connectivity index (χ2v) is 6.22. The molecule has 0 spiro atoms. The first-order valence-electron chi connectivity index (χ1n) is 6.70. The first kappa shape index (κ1) is 16.1. The highest BCUT2D eigenvalue weighted by atomic mass is 79.9. The molecule has 2 aromatic carbocycles. The average Bonchev–Trinajstić information content (AvgIpc) is 2.46. The normalized spacial score (nSPS) is 13.5. The number of benzene rings is 2. The van der Waals surface area contributed by atoms with E-state index in [0.717, 1.165) is 11.6 Å². The van der Waals surface area contributed by atoms with Gasteiger partial charge in [0.15, 0.2) is 0 Å². The molecule has 0 aromatic heterocycles. The van der Waals surface area contributed by atoms with Gasteiger partial charge in [0.25, 0.3) is 0 Å². The van der Waals surface area contributed by atoms with Gasteiger partial charge < -0.3 is 0 Å². The maximum absolute atomic E-state index is 12.8. The van der Waals surface area contributed by atoms with Crippen molar-refractivity contribution in [3.05, 3.63) is 70.8 Å². The van der Waals surface area contributed by atoms with Crippen LogP contribution in [0.2, 0.25) is 0 Å². The fourth-order valence-corrected chi connectivity index (χ4v) is 2.70. The zero-order valence-corrected chi connectivity index (χ0v) is 13.4. The minimum absolute atomic E-state index is 0.249. The Bertz CT molecular complexity index is 600. The first-order chi connectivity index (χ1) is 9.79. The molecule has 1 atom stereocenters. The average molecular weight is 357 g/mol. The van der Waals surface area contributed by atoms with Crippen LogP contribution in [0.15, 0.2) is 48.5 Å². The molecule has 0 aliphatic heterocycles. The van der Waals surface area contributed by atoms with Crippen LogP contribution in [0, 0.1) is 0 Å². The monoisotopic (exact) mass is 356 g/mol. The molecule has 0 saturated heterocycles. The number of alkyl halides is 4. The molecule has 2 aromatic rings. The maximum atomic E-state index is 12.8. The Labute approximate surface area is 131 Å². The van der Waals surface area contributed by atoms with E-state index in [1.807, 2.05) is 24.3 Å². The molecule has 1 unspecified atom stereocenters. The summed E-state index contributed by atoms with van der Waals surface area (Å²) in [6, 6.07) is 13.4. The van der Waals surface area contributed by atoms with Crippen LogP contribution >= 0.6 is 15.9 Å². The van der Waals surface area contributed by atoms with E-state index in [1.165, 1.54) is 17.7 Å². The summed E-state index contributed by atoms with van der Waals surface area (Å²) in [5.41, 5.74) is 2.13. The summed E-state index contributed by atoms with van der Waals surface area (Å²) in [6.45, 7) is 4.21. The van der Waals surface area contributed by atoms with Crippen molar-refractivity contribution in [3.8, 4) is 0 Å². The molecule has 4 heteroatoms. The number of rotatable bonds is 3. The van der Waals surface area contributed by atoms with Gasteiger partial charge in [-0.15, -0.1) is 0 Å². The summed E-state index contributed by atoms with van der Waals surface area (Å²) in [5.74, 6) is 0.432. The van der Waals surface area contributed by atoms with Crippen molar-refractivity contribution in [1.82, 2.24) is 0 Å². The van der Waals surface area contributed by atoms with Crippen molar-refractivity contribution < 1.29 is 13.2 Å². The van der Waals surface area contributed by atoms with Gasteiger partial charge in [-0.1, -0.05) is 72.2 Å². The van der Waals surface area contributed by atoms with Crippen molar-refractivity contribution in [1.29, 1.82) is 0 Å². The molecule has 0 aliphatic carbocycles. The van der Waals surface area contributed by atoms with Gasteiger partial charge in [0.2, 0.25) is 0 Å². The van der Waals surface area contributed by atoms with Crippen LogP contribution in [0.3, 0.4) is 0 Å². The minimum atomic E-state index is -4.32. The highest BCUT2D eigenvalue weighted by molar-refractivity contribution is 9.09. The van der Waals surface area contributed by atoms with Gasteiger partial charge in [0.1, 0.15) is 0 Å². The summed E-state index contributed by atoms with van der Waals surface area (Å²) >= 11 is 3.49. The number of hydrogen-bond donors (Lipinski definition) is 0. The molecule has 112 valence electrons. The Hall–Kier alpha value is -1.29. The summed E-state index contributed by atoms with van der Waals surface area (Å²) < 4.78 is 38.3. The molecule has 0 aliphatic rings. The summed E-state index contributed by atoms with van der Waals surface area (Å²) in [7, 11) is 0. The van der Waals surface area contributed by atoms with Crippen LogP contribution in [0.4, 0.5) is 13.2 Å². The second-order valence-electron chi connectivity index (χ2n) is 5.31. The highest BCUT2D eigenvalue weighted by Crippen LogP contribution is 2.35. The third-order valence-corrected chi connectivity index (χ3v) is 4.46. The van der Waals surface area contributed by atoms with E-state index < -0.39 is 11.7 Å². The summed E-state index contributed by atoms with van der Waals surface area (Å²) in [6.07, 6.45) is -4.32. The van der Waals surface area contributed by atoms with Crippen LogP contribution in [-0.4, -0.2) is 0 Å². The number of hydrogen-bond acceptors (Lipinski definition) is 0. The van der Waals surface area contributed by atoms with E-state index in [2.05, 4.69) is 29.8 Å². The molecular weight excluding hydrogens is 341 g/mol. The van der Waals surface area contributed by atoms with Crippen LogP contribution in [0.25, 0.3) is 0 Å². The van der Waals surface area contributed by atoms with Gasteiger partial charge in [-0.25, -0.2) is 0 Å². The highest BCUT2D eigenvalue weighted by Gasteiger charge is 2.30. The SMILES string of the molecule is CC(C)c1ccc(C(Br)c2cccc(C(F)(F)F)c2)cc1. The van der Waals surface area contributed by atoms with Crippen LogP contribution in [0.5, 0.6) is 0 Å². The minimum Gasteiger partial charge on any atom is -0.166 e. The lowest BCUT2D eigenvalue weighted by molar-refractivity contribution is -0.137. The summed E-state index contributed by atoms with van der Waals surface area (Å²) in [5, 5.41) is 0. The summed E-state index contributed by atoms with van der Waals surface area (Å²) in [4.78, 5) is -0.249. The third kappa shape index (κ3) is 3.88. The van der Waals surface area contributed by atoms with Gasteiger partial charge in [0.05, 0.1) is 10.4 Å². The van der Waals surface area contributed by atoms with Gasteiger partial charge in [-0.2, -0.15) is 13.2 Å². The van der Waals surface area contributed by atoms with E-state index in [1.54, 1.807) is 6.07 Å². The van der Waals surface area contributed by atoms with Crippen LogP contribution < -0.4 is 0 Å². The number of halogens is 4. The van der Waals surface area contributed by atoms with Gasteiger partial charge >= 0.3 is 6.18 Å². The van der Waals surface area contributed by atoms with Crippen molar-refractivity contribution >= 4 is 15.9 Å². The van der Waals surface area contributed by atoms with Gasteiger partial charge in [-0.3, -0.25) is 0 Å². The van der Waals surface area contributed by atoms with E-state index in [9.17, 15) is 13.2 Å². The predicted octanol–water partition coefficient (Wildman–Crippen LogP) is 6.31. The molecule has 2 rings (SSSR count). The maximum Gasteiger partial charge on any atom is 0.416 e. The quantitative estimate of drug-likeness (QED) is 0.565. The lowest BCUT2D eigenvalue weighted by Crippen LogP contribution is -2.06. The third-order valence-electron chi connectivity index (χ3n) is 3.40. The molecule has 0 bridgehead atoms. The van der Waals surface area contributed by atoms with Crippen molar-refractivity contribution in [2.45, 2.75) is 30.8 Å².